The predicted molar refractivity (Wildman–Crippen MR) is 69.3 cm³/mol. The van der Waals surface area contributed by atoms with Gasteiger partial charge in [0.1, 0.15) is 0 Å². The number of para-hydroxylation sites is 1. The van der Waals surface area contributed by atoms with Crippen LogP contribution in [0.3, 0.4) is 0 Å². The number of H-pyrrole nitrogens is 1. The molecule has 0 amide bonds. The Bertz CT molecular complexity index is 573. The topological polar surface area (TPSA) is 75.7 Å². The number of ether oxygens (including phenoxy) is 1. The Balaban J connectivity index is 2.13. The van der Waals surface area contributed by atoms with Crippen LogP contribution in [0.1, 0.15) is 13.8 Å². The lowest BCUT2D eigenvalue weighted by atomic mass is 10.1. The van der Waals surface area contributed by atoms with Gasteiger partial charge in [0.05, 0.1) is 6.10 Å². The van der Waals surface area contributed by atoms with Crippen molar-refractivity contribution in [3.05, 3.63) is 24.3 Å². The Morgan fingerprint density at radius 3 is 2.57 bits per heavy atom. The quantitative estimate of drug-likeness (QED) is 0.887. The van der Waals surface area contributed by atoms with E-state index in [4.69, 9.17) is 0 Å². The Labute approximate surface area is 118 Å². The number of hydrogen-bond acceptors (Lipinski definition) is 5. The number of nitrogens with zero attached hydrogens (tertiary/aromatic N) is 3. The predicted octanol–water partition coefficient (Wildman–Crippen LogP) is 2.59. The molecular formula is C12H14F3N5O. The third-order valence-electron chi connectivity index (χ3n) is 2.92. The van der Waals surface area contributed by atoms with E-state index in [0.29, 0.717) is 17.1 Å². The molecule has 0 spiro atoms. The second-order valence-electron chi connectivity index (χ2n) is 4.48. The molecular weight excluding hydrogens is 287 g/mol. The van der Waals surface area contributed by atoms with Crippen molar-refractivity contribution in [2.45, 2.75) is 32.4 Å². The van der Waals surface area contributed by atoms with Crippen LogP contribution >= 0.6 is 0 Å². The lowest BCUT2D eigenvalue weighted by Gasteiger charge is -2.24. The van der Waals surface area contributed by atoms with Crippen molar-refractivity contribution in [3.8, 4) is 11.4 Å². The zero-order valence-corrected chi connectivity index (χ0v) is 11.3. The molecule has 9 heteroatoms. The van der Waals surface area contributed by atoms with Gasteiger partial charge in [-0.15, -0.1) is 23.4 Å². The highest BCUT2D eigenvalue weighted by Crippen LogP contribution is 2.26. The third kappa shape index (κ3) is 4.15. The number of anilines is 1. The number of alkyl halides is 3. The Morgan fingerprint density at radius 1 is 1.24 bits per heavy atom. The molecule has 0 bridgehead atoms. The van der Waals surface area contributed by atoms with E-state index < -0.39 is 18.5 Å². The van der Waals surface area contributed by atoms with Crippen LogP contribution in [0.4, 0.5) is 18.9 Å². The van der Waals surface area contributed by atoms with Crippen LogP contribution in [0.15, 0.2) is 24.3 Å². The van der Waals surface area contributed by atoms with Gasteiger partial charge in [-0.05, 0) is 31.2 Å². The number of rotatable bonds is 5. The monoisotopic (exact) mass is 301 g/mol. The summed E-state index contributed by atoms with van der Waals surface area (Å²) >= 11 is 0. The van der Waals surface area contributed by atoms with E-state index in [9.17, 15) is 13.2 Å². The third-order valence-corrected chi connectivity index (χ3v) is 2.92. The fourth-order valence-corrected chi connectivity index (χ4v) is 1.76. The van der Waals surface area contributed by atoms with Gasteiger partial charge in [0.2, 0.25) is 5.82 Å². The van der Waals surface area contributed by atoms with E-state index >= 15 is 0 Å². The number of aromatic nitrogens is 4. The summed E-state index contributed by atoms with van der Waals surface area (Å²) in [7, 11) is 0. The Hall–Kier alpha value is -2.16. The molecule has 0 saturated carbocycles. The van der Waals surface area contributed by atoms with Crippen molar-refractivity contribution < 1.29 is 17.9 Å². The van der Waals surface area contributed by atoms with E-state index in [2.05, 4.69) is 30.7 Å². The molecule has 0 fully saturated rings. The molecule has 1 aromatic carbocycles. The summed E-state index contributed by atoms with van der Waals surface area (Å²) in [5.41, 5.74) is 1.24. The van der Waals surface area contributed by atoms with E-state index in [-0.39, 0.29) is 0 Å². The first kappa shape index (κ1) is 15.2. The number of benzene rings is 1. The number of tetrazole rings is 1. The lowest BCUT2D eigenvalue weighted by Crippen LogP contribution is -2.35. The van der Waals surface area contributed by atoms with Crippen molar-refractivity contribution in [1.82, 2.24) is 20.6 Å². The normalized spacial score (nSPS) is 14.7. The molecule has 21 heavy (non-hydrogen) atoms. The number of nitrogens with one attached hydrogen (secondary N) is 2. The van der Waals surface area contributed by atoms with Gasteiger partial charge in [0, 0.05) is 17.3 Å². The maximum absolute atomic E-state index is 12.2. The molecule has 1 heterocycles. The maximum Gasteiger partial charge on any atom is 0.522 e. The molecule has 0 aliphatic rings. The zero-order valence-electron chi connectivity index (χ0n) is 11.3. The number of halogens is 3. The average Bonchev–Trinajstić information content (AvgIpc) is 2.91. The lowest BCUT2D eigenvalue weighted by molar-refractivity contribution is -0.341. The fourth-order valence-electron chi connectivity index (χ4n) is 1.76. The molecule has 0 saturated heterocycles. The van der Waals surface area contributed by atoms with Crippen LogP contribution < -0.4 is 5.32 Å². The summed E-state index contributed by atoms with van der Waals surface area (Å²) in [5.74, 6) is 0.356. The van der Waals surface area contributed by atoms with Gasteiger partial charge in [-0.25, -0.2) is 0 Å². The molecule has 0 radical (unpaired) electrons. The highest BCUT2D eigenvalue weighted by molar-refractivity contribution is 5.73. The second kappa shape index (κ2) is 6.08. The summed E-state index contributed by atoms with van der Waals surface area (Å²) in [6, 6.07) is 6.43. The van der Waals surface area contributed by atoms with Crippen LogP contribution in [0, 0.1) is 0 Å². The second-order valence-corrected chi connectivity index (χ2v) is 4.48. The molecule has 2 N–H and O–H groups in total. The van der Waals surface area contributed by atoms with Gasteiger partial charge in [-0.3, -0.25) is 4.74 Å². The molecule has 0 aliphatic carbocycles. The van der Waals surface area contributed by atoms with E-state index in [0.717, 1.165) is 0 Å². The first-order valence-electron chi connectivity index (χ1n) is 6.21. The van der Waals surface area contributed by atoms with Gasteiger partial charge in [-0.1, -0.05) is 12.1 Å². The van der Waals surface area contributed by atoms with Crippen molar-refractivity contribution in [2.24, 2.45) is 0 Å². The van der Waals surface area contributed by atoms with Crippen molar-refractivity contribution in [3.63, 3.8) is 0 Å². The van der Waals surface area contributed by atoms with Gasteiger partial charge in [0.15, 0.2) is 0 Å². The molecule has 2 rings (SSSR count). The van der Waals surface area contributed by atoms with E-state index in [1.54, 1.807) is 31.2 Å². The maximum atomic E-state index is 12.2. The van der Waals surface area contributed by atoms with Gasteiger partial charge in [-0.2, -0.15) is 5.21 Å². The zero-order chi connectivity index (χ0) is 15.5. The molecule has 6 nitrogen and oxygen atoms in total. The SMILES string of the molecule is CC(Nc1ccccc1-c1nn[nH]n1)[C@H](C)OC(F)(F)F. The highest BCUT2D eigenvalue weighted by atomic mass is 19.4. The first-order valence-corrected chi connectivity index (χ1v) is 6.21. The van der Waals surface area contributed by atoms with Gasteiger partial charge >= 0.3 is 6.36 Å². The standard InChI is InChI=1S/C12H14F3N5O/c1-7(8(2)21-12(13,14)15)16-10-6-4-3-5-9(10)11-17-19-20-18-11/h3-8,16H,1-2H3,(H,17,18,19,20)/t7?,8-/m0/s1. The van der Waals surface area contributed by atoms with Crippen molar-refractivity contribution in [1.29, 1.82) is 0 Å². The highest BCUT2D eigenvalue weighted by Gasteiger charge is 2.33. The Kier molecular flexibility index (Phi) is 4.41. The number of aromatic amines is 1. The summed E-state index contributed by atoms with van der Waals surface area (Å²) in [4.78, 5) is 0. The van der Waals surface area contributed by atoms with Crippen LogP contribution in [0.2, 0.25) is 0 Å². The minimum absolute atomic E-state index is 0.356. The van der Waals surface area contributed by atoms with Crippen LogP contribution in [-0.4, -0.2) is 39.1 Å². The molecule has 2 aromatic rings. The summed E-state index contributed by atoms with van der Waals surface area (Å²) in [6.45, 7) is 2.95. The van der Waals surface area contributed by atoms with E-state index in [1.807, 2.05) is 0 Å². The smallest absolute Gasteiger partial charge is 0.379 e. The van der Waals surface area contributed by atoms with Gasteiger partial charge in [0.25, 0.3) is 0 Å². The minimum atomic E-state index is -4.66. The molecule has 2 atom stereocenters. The van der Waals surface area contributed by atoms with Crippen molar-refractivity contribution in [2.75, 3.05) is 5.32 Å². The largest absolute Gasteiger partial charge is 0.522 e. The fraction of sp³-hybridized carbons (Fsp3) is 0.417. The molecule has 114 valence electrons. The Morgan fingerprint density at radius 2 is 1.95 bits per heavy atom. The first-order chi connectivity index (χ1) is 9.87. The molecule has 0 aliphatic heterocycles. The molecule has 1 aromatic heterocycles. The van der Waals surface area contributed by atoms with Crippen LogP contribution in [-0.2, 0) is 4.74 Å². The summed E-state index contributed by atoms with van der Waals surface area (Å²) < 4.78 is 40.7. The summed E-state index contributed by atoms with van der Waals surface area (Å²) in [6.07, 6.45) is -5.72. The van der Waals surface area contributed by atoms with Crippen LogP contribution in [0.5, 0.6) is 0 Å². The average molecular weight is 301 g/mol. The minimum Gasteiger partial charge on any atom is -0.379 e. The molecule has 1 unspecified atom stereocenters. The van der Waals surface area contributed by atoms with Crippen LogP contribution in [0.25, 0.3) is 11.4 Å². The van der Waals surface area contributed by atoms with E-state index in [1.165, 1.54) is 6.92 Å². The summed E-state index contributed by atoms with van der Waals surface area (Å²) in [5, 5.41) is 16.5. The van der Waals surface area contributed by atoms with Crippen molar-refractivity contribution >= 4 is 5.69 Å². The van der Waals surface area contributed by atoms with Gasteiger partial charge < -0.3 is 5.32 Å². The number of hydrogen-bond donors (Lipinski definition) is 2.